The molecule has 0 aliphatic carbocycles. The topological polar surface area (TPSA) is 55.6 Å². The van der Waals surface area contributed by atoms with E-state index in [-0.39, 0.29) is 11.9 Å². The third kappa shape index (κ3) is 3.95. The second-order valence-electron chi connectivity index (χ2n) is 6.26. The van der Waals surface area contributed by atoms with Crippen molar-refractivity contribution in [2.24, 2.45) is 5.73 Å². The van der Waals surface area contributed by atoms with Crippen molar-refractivity contribution in [1.29, 1.82) is 0 Å². The van der Waals surface area contributed by atoms with E-state index in [0.29, 0.717) is 24.0 Å². The van der Waals surface area contributed by atoms with Crippen LogP contribution < -0.4 is 5.73 Å². The minimum atomic E-state index is -0.556. The first-order valence-corrected chi connectivity index (χ1v) is 7.68. The van der Waals surface area contributed by atoms with Crippen molar-refractivity contribution in [3.8, 4) is 0 Å². The van der Waals surface area contributed by atoms with Crippen molar-refractivity contribution in [2.45, 2.75) is 45.4 Å². The number of nitrogens with zero attached hydrogens (tertiary/aromatic N) is 1. The van der Waals surface area contributed by atoms with E-state index in [1.54, 1.807) is 11.0 Å². The Morgan fingerprint density at radius 1 is 1.48 bits per heavy atom. The van der Waals surface area contributed by atoms with E-state index >= 15 is 0 Å². The zero-order chi connectivity index (χ0) is 15.8. The molecule has 116 valence electrons. The number of carbonyl (C=O) groups excluding carboxylic acids is 1. The molecule has 1 heterocycles. The number of amides is 1. The molecular weight excluding hydrogens is 339 g/mol. The molecule has 1 aromatic rings. The maximum absolute atomic E-state index is 13.7. The van der Waals surface area contributed by atoms with Crippen molar-refractivity contribution in [2.75, 3.05) is 6.54 Å². The van der Waals surface area contributed by atoms with Crippen molar-refractivity contribution in [3.05, 3.63) is 33.5 Å². The highest BCUT2D eigenvalue weighted by Gasteiger charge is 2.27. The van der Waals surface area contributed by atoms with Crippen LogP contribution in [0.1, 0.15) is 44.4 Å². The molecule has 2 N–H and O–H groups in total. The van der Waals surface area contributed by atoms with Crippen molar-refractivity contribution in [3.63, 3.8) is 0 Å². The normalized spacial score (nSPS) is 19.0. The standard InChI is InChI=1S/C15H20BrFN2O2/c1-15(2,3)21-14(20)19-5-4-13(18)10-7-11(16)12(17)6-9(10)8-19/h6-7,13H,4-5,8,18H2,1-3H3/t13-/m0/s1. The van der Waals surface area contributed by atoms with E-state index in [1.165, 1.54) is 6.07 Å². The lowest BCUT2D eigenvalue weighted by molar-refractivity contribution is 0.0234. The number of hydrogen-bond donors (Lipinski definition) is 1. The van der Waals surface area contributed by atoms with Crippen LogP contribution in [-0.4, -0.2) is 23.1 Å². The second kappa shape index (κ2) is 5.93. The number of halogens is 2. The van der Waals surface area contributed by atoms with Gasteiger partial charge in [0, 0.05) is 19.1 Å². The molecule has 0 saturated heterocycles. The average Bonchev–Trinajstić information content (AvgIpc) is 2.49. The van der Waals surface area contributed by atoms with Gasteiger partial charge < -0.3 is 15.4 Å². The predicted molar refractivity (Wildman–Crippen MR) is 82.3 cm³/mol. The molecule has 2 rings (SSSR count). The van der Waals surface area contributed by atoms with Gasteiger partial charge in [0.1, 0.15) is 11.4 Å². The maximum Gasteiger partial charge on any atom is 0.410 e. The third-order valence-electron chi connectivity index (χ3n) is 3.30. The van der Waals surface area contributed by atoms with Crippen LogP contribution in [0, 0.1) is 5.82 Å². The van der Waals surface area contributed by atoms with Crippen LogP contribution in [-0.2, 0) is 11.3 Å². The van der Waals surface area contributed by atoms with Gasteiger partial charge in [0.15, 0.2) is 0 Å². The minimum absolute atomic E-state index is 0.218. The number of carbonyl (C=O) groups is 1. The average molecular weight is 359 g/mol. The molecule has 1 atom stereocenters. The van der Waals surface area contributed by atoms with E-state index < -0.39 is 11.7 Å². The molecule has 0 fully saturated rings. The molecule has 0 spiro atoms. The van der Waals surface area contributed by atoms with Crippen LogP contribution in [0.5, 0.6) is 0 Å². The summed E-state index contributed by atoms with van der Waals surface area (Å²) in [6.45, 7) is 6.25. The fourth-order valence-electron chi connectivity index (χ4n) is 2.30. The number of benzene rings is 1. The van der Waals surface area contributed by atoms with Gasteiger partial charge in [-0.05, 0) is 66.4 Å². The van der Waals surface area contributed by atoms with Crippen molar-refractivity contribution >= 4 is 22.0 Å². The molecule has 1 aromatic carbocycles. The van der Waals surface area contributed by atoms with Gasteiger partial charge in [0.2, 0.25) is 0 Å². The monoisotopic (exact) mass is 358 g/mol. The summed E-state index contributed by atoms with van der Waals surface area (Å²) < 4.78 is 19.5. The van der Waals surface area contributed by atoms with E-state index in [0.717, 1.165) is 11.1 Å². The lowest BCUT2D eigenvalue weighted by Crippen LogP contribution is -2.36. The van der Waals surface area contributed by atoms with Gasteiger partial charge in [-0.15, -0.1) is 0 Å². The quantitative estimate of drug-likeness (QED) is 0.768. The lowest BCUT2D eigenvalue weighted by atomic mass is 10.00. The first-order valence-electron chi connectivity index (χ1n) is 6.88. The summed E-state index contributed by atoms with van der Waals surface area (Å²) in [6.07, 6.45) is 0.218. The molecule has 0 unspecified atom stereocenters. The van der Waals surface area contributed by atoms with Gasteiger partial charge in [-0.3, -0.25) is 0 Å². The number of hydrogen-bond acceptors (Lipinski definition) is 3. The van der Waals surface area contributed by atoms with Gasteiger partial charge in [-0.25, -0.2) is 9.18 Å². The van der Waals surface area contributed by atoms with Gasteiger partial charge in [0.25, 0.3) is 0 Å². The van der Waals surface area contributed by atoms with Crippen LogP contribution in [0.15, 0.2) is 16.6 Å². The number of ether oxygens (including phenoxy) is 1. The molecule has 0 bridgehead atoms. The molecule has 0 radical (unpaired) electrons. The summed E-state index contributed by atoms with van der Waals surface area (Å²) in [5.41, 5.74) is 7.17. The first kappa shape index (κ1) is 16.2. The van der Waals surface area contributed by atoms with Crippen LogP contribution >= 0.6 is 15.9 Å². The zero-order valence-electron chi connectivity index (χ0n) is 12.5. The number of fused-ring (bicyclic) bond motifs is 1. The Kier molecular flexibility index (Phi) is 4.58. The molecule has 1 aliphatic heterocycles. The SMILES string of the molecule is CC(C)(C)OC(=O)N1CC[C@H](N)c2cc(Br)c(F)cc2C1. The summed E-state index contributed by atoms with van der Waals surface area (Å²) in [6, 6.07) is 2.92. The van der Waals surface area contributed by atoms with Crippen LogP contribution in [0.25, 0.3) is 0 Å². The molecule has 1 amide bonds. The molecule has 0 aromatic heterocycles. The fourth-order valence-corrected chi connectivity index (χ4v) is 2.66. The van der Waals surface area contributed by atoms with Crippen LogP contribution in [0.2, 0.25) is 0 Å². The summed E-state index contributed by atoms with van der Waals surface area (Å²) >= 11 is 3.18. The number of nitrogens with two attached hydrogens (primary N) is 1. The summed E-state index contributed by atoms with van der Waals surface area (Å²) in [5.74, 6) is -0.355. The van der Waals surface area contributed by atoms with Crippen LogP contribution in [0.4, 0.5) is 9.18 Å². The summed E-state index contributed by atoms with van der Waals surface area (Å²) in [5, 5.41) is 0. The molecule has 0 saturated carbocycles. The Bertz CT molecular complexity index is 557. The highest BCUT2D eigenvalue weighted by Crippen LogP contribution is 2.30. The van der Waals surface area contributed by atoms with E-state index in [1.807, 2.05) is 20.8 Å². The van der Waals surface area contributed by atoms with Crippen molar-refractivity contribution < 1.29 is 13.9 Å². The zero-order valence-corrected chi connectivity index (χ0v) is 14.0. The Hall–Kier alpha value is -1.14. The number of rotatable bonds is 0. The largest absolute Gasteiger partial charge is 0.444 e. The smallest absolute Gasteiger partial charge is 0.410 e. The Labute approximate surface area is 132 Å². The summed E-state index contributed by atoms with van der Waals surface area (Å²) in [7, 11) is 0. The summed E-state index contributed by atoms with van der Waals surface area (Å²) in [4.78, 5) is 13.8. The molecule has 1 aliphatic rings. The first-order chi connectivity index (χ1) is 9.67. The van der Waals surface area contributed by atoms with Crippen molar-refractivity contribution in [1.82, 2.24) is 4.90 Å². The Morgan fingerprint density at radius 2 is 2.14 bits per heavy atom. The Balaban J connectivity index is 2.27. The fraction of sp³-hybridized carbons (Fsp3) is 0.533. The van der Waals surface area contributed by atoms with Crippen LogP contribution in [0.3, 0.4) is 0 Å². The van der Waals surface area contributed by atoms with Gasteiger partial charge >= 0.3 is 6.09 Å². The maximum atomic E-state index is 13.7. The van der Waals surface area contributed by atoms with E-state index in [2.05, 4.69) is 15.9 Å². The molecule has 4 nitrogen and oxygen atoms in total. The minimum Gasteiger partial charge on any atom is -0.444 e. The lowest BCUT2D eigenvalue weighted by Gasteiger charge is -2.26. The highest BCUT2D eigenvalue weighted by atomic mass is 79.9. The molecule has 21 heavy (non-hydrogen) atoms. The third-order valence-corrected chi connectivity index (χ3v) is 3.91. The Morgan fingerprint density at radius 3 is 2.76 bits per heavy atom. The van der Waals surface area contributed by atoms with E-state index in [4.69, 9.17) is 10.5 Å². The highest BCUT2D eigenvalue weighted by molar-refractivity contribution is 9.10. The van der Waals surface area contributed by atoms with Gasteiger partial charge in [-0.1, -0.05) is 0 Å². The van der Waals surface area contributed by atoms with Gasteiger partial charge in [0.05, 0.1) is 4.47 Å². The van der Waals surface area contributed by atoms with E-state index in [9.17, 15) is 9.18 Å². The van der Waals surface area contributed by atoms with Gasteiger partial charge in [-0.2, -0.15) is 0 Å². The predicted octanol–water partition coefficient (Wildman–Crippen LogP) is 3.73. The molecule has 6 heteroatoms. The molecular formula is C15H20BrFN2O2. The second-order valence-corrected chi connectivity index (χ2v) is 7.12.